The molecular formula is C24H14Al2N2. The minimum atomic E-state index is 0.913. The molecule has 4 radical (unpaired) electrons. The molecule has 0 N–H and O–H groups in total. The van der Waals surface area contributed by atoms with Crippen molar-refractivity contribution in [3.05, 3.63) is 84.9 Å². The van der Waals surface area contributed by atoms with E-state index in [1.54, 1.807) is 0 Å². The van der Waals surface area contributed by atoms with Crippen LogP contribution >= 0.6 is 0 Å². The fourth-order valence-corrected chi connectivity index (χ4v) is 4.32. The Hall–Kier alpha value is -2.46. The number of hydrogen-bond acceptors (Lipinski definition) is 2. The van der Waals surface area contributed by atoms with Gasteiger partial charge < -0.3 is 0 Å². The zero-order chi connectivity index (χ0) is 19.1. The first-order valence-corrected chi connectivity index (χ1v) is 10.3. The van der Waals surface area contributed by atoms with Crippen molar-refractivity contribution in [3.8, 4) is 22.3 Å². The van der Waals surface area contributed by atoms with Gasteiger partial charge in [-0.3, -0.25) is 9.97 Å². The molecule has 0 fully saturated rings. The molecule has 3 aromatic carbocycles. The Balaban J connectivity index is 1.89. The van der Waals surface area contributed by atoms with Crippen LogP contribution in [0, 0.1) is 0 Å². The van der Waals surface area contributed by atoms with Crippen LogP contribution in [0.15, 0.2) is 84.9 Å². The number of fused-ring (bicyclic) bond motifs is 3. The standard InChI is InChI=1S/C24H14N2.2Al/c1-3-7-17(8-4-1)19-13-15-25-23-21(19)11-12-22-20(14-16-26-24(22)23)18-9-5-2-6-10-18;;/h1-14H;;. The lowest BCUT2D eigenvalue weighted by molar-refractivity contribution is 1.44. The van der Waals surface area contributed by atoms with E-state index in [1.807, 2.05) is 12.1 Å². The average molecular weight is 384 g/mol. The highest BCUT2D eigenvalue weighted by atomic mass is 27.1. The maximum Gasteiger partial charge on any atom is 0.209 e. The first-order chi connectivity index (χ1) is 13.7. The van der Waals surface area contributed by atoms with Crippen LogP contribution in [0.25, 0.3) is 44.1 Å². The molecule has 2 heterocycles. The summed E-state index contributed by atoms with van der Waals surface area (Å²) in [4.78, 5) is 9.71. The Kier molecular flexibility index (Phi) is 4.52. The molecule has 4 heteroatoms. The zero-order valence-corrected chi connectivity index (χ0v) is 17.4. The van der Waals surface area contributed by atoms with Gasteiger partial charge in [0.05, 0.1) is 11.0 Å². The molecule has 5 aromatic rings. The SMILES string of the molecule is [Al][c]1cc(-c2ccccc2)c2ccc3c(-c4ccccc4)c[c]([Al])nc3c2n1. The predicted molar refractivity (Wildman–Crippen MR) is 119 cm³/mol. The molecule has 28 heavy (non-hydrogen) atoms. The first-order valence-electron chi connectivity index (χ1n) is 9.11. The summed E-state index contributed by atoms with van der Waals surface area (Å²) in [6.07, 6.45) is 0. The Morgan fingerprint density at radius 1 is 0.500 bits per heavy atom. The van der Waals surface area contributed by atoms with E-state index in [0.29, 0.717) is 0 Å². The predicted octanol–water partition coefficient (Wildman–Crippen LogP) is 3.70. The van der Waals surface area contributed by atoms with E-state index in [-0.39, 0.29) is 0 Å². The number of pyridine rings is 2. The fraction of sp³-hybridized carbons (Fsp3) is 0. The molecule has 0 bridgehead atoms. The molecule has 0 saturated carbocycles. The molecule has 126 valence electrons. The van der Waals surface area contributed by atoms with Crippen molar-refractivity contribution in [2.75, 3.05) is 0 Å². The highest BCUT2D eigenvalue weighted by molar-refractivity contribution is 6.33. The number of aromatic nitrogens is 2. The van der Waals surface area contributed by atoms with Crippen LogP contribution in [0.4, 0.5) is 0 Å². The third-order valence-corrected chi connectivity index (χ3v) is 5.56. The summed E-state index contributed by atoms with van der Waals surface area (Å²) in [5, 5.41) is 2.24. The molecule has 0 aliphatic rings. The number of hydrogen-bond donors (Lipinski definition) is 0. The molecule has 0 saturated heterocycles. The van der Waals surface area contributed by atoms with Gasteiger partial charge in [0.25, 0.3) is 0 Å². The van der Waals surface area contributed by atoms with E-state index in [4.69, 9.17) is 9.97 Å². The van der Waals surface area contributed by atoms with Crippen molar-refractivity contribution in [2.24, 2.45) is 0 Å². The Bertz CT molecular complexity index is 1210. The van der Waals surface area contributed by atoms with Gasteiger partial charge in [-0.15, -0.1) is 0 Å². The molecular weight excluding hydrogens is 370 g/mol. The molecule has 5 rings (SSSR count). The first kappa shape index (κ1) is 17.6. The van der Waals surface area contributed by atoms with E-state index in [2.05, 4.69) is 105 Å². The maximum atomic E-state index is 4.86. The second kappa shape index (κ2) is 7.18. The second-order valence-corrected chi connectivity index (χ2v) is 7.96. The summed E-state index contributed by atoms with van der Waals surface area (Å²) in [7, 11) is 0. The molecule has 0 aliphatic heterocycles. The summed E-state index contributed by atoms with van der Waals surface area (Å²) in [5.41, 5.74) is 6.59. The zero-order valence-electron chi connectivity index (χ0n) is 15.1. The largest absolute Gasteiger partial charge is 0.272 e. The third-order valence-electron chi connectivity index (χ3n) is 4.97. The van der Waals surface area contributed by atoms with E-state index in [0.717, 1.165) is 30.9 Å². The van der Waals surface area contributed by atoms with Crippen LogP contribution in [0.1, 0.15) is 0 Å². The molecule has 2 nitrogen and oxygen atoms in total. The van der Waals surface area contributed by atoms with Crippen LogP contribution in [0.2, 0.25) is 0 Å². The van der Waals surface area contributed by atoms with Crippen LogP contribution in [-0.4, -0.2) is 42.5 Å². The van der Waals surface area contributed by atoms with Gasteiger partial charge in [-0.1, -0.05) is 94.0 Å². The summed E-state index contributed by atoms with van der Waals surface area (Å²) < 4.78 is 1.83. The minimum Gasteiger partial charge on any atom is -0.272 e. The number of nitrogens with zero attached hydrogens (tertiary/aromatic N) is 2. The van der Waals surface area contributed by atoms with Gasteiger partial charge >= 0.3 is 0 Å². The lowest BCUT2D eigenvalue weighted by atomic mass is 9.96. The number of rotatable bonds is 2. The molecule has 2 aromatic heterocycles. The van der Waals surface area contributed by atoms with Gasteiger partial charge in [-0.05, 0) is 22.3 Å². The Morgan fingerprint density at radius 3 is 1.29 bits per heavy atom. The quantitative estimate of drug-likeness (QED) is 0.343. The number of benzene rings is 3. The summed E-state index contributed by atoms with van der Waals surface area (Å²) in [6.45, 7) is 0. The average Bonchev–Trinajstić information content (AvgIpc) is 2.74. The fourth-order valence-electron chi connectivity index (χ4n) is 3.73. The highest BCUT2D eigenvalue weighted by Gasteiger charge is 2.13. The van der Waals surface area contributed by atoms with Crippen molar-refractivity contribution < 1.29 is 0 Å². The van der Waals surface area contributed by atoms with Gasteiger partial charge in [0.2, 0.25) is 32.6 Å². The van der Waals surface area contributed by atoms with Crippen LogP contribution in [0.5, 0.6) is 0 Å². The van der Waals surface area contributed by atoms with E-state index in [1.165, 1.54) is 22.3 Å². The second-order valence-electron chi connectivity index (χ2n) is 6.78. The molecule has 0 aliphatic carbocycles. The smallest absolute Gasteiger partial charge is 0.209 e. The van der Waals surface area contributed by atoms with Crippen LogP contribution in [0.3, 0.4) is 0 Å². The van der Waals surface area contributed by atoms with E-state index < -0.39 is 0 Å². The van der Waals surface area contributed by atoms with Crippen molar-refractivity contribution in [1.82, 2.24) is 9.97 Å². The maximum absolute atomic E-state index is 4.86. The Labute approximate surface area is 180 Å². The highest BCUT2D eigenvalue weighted by Crippen LogP contribution is 2.34. The van der Waals surface area contributed by atoms with Crippen molar-refractivity contribution in [3.63, 3.8) is 0 Å². The van der Waals surface area contributed by atoms with E-state index >= 15 is 0 Å². The third kappa shape index (κ3) is 3.06. The van der Waals surface area contributed by atoms with Gasteiger partial charge in [0, 0.05) is 10.8 Å². The molecule has 0 amide bonds. The van der Waals surface area contributed by atoms with Crippen LogP contribution < -0.4 is 9.11 Å². The molecule has 0 atom stereocenters. The summed E-state index contributed by atoms with van der Waals surface area (Å²) in [5.74, 6) is 0. The normalized spacial score (nSPS) is 11.1. The van der Waals surface area contributed by atoms with Gasteiger partial charge in [-0.25, -0.2) is 0 Å². The summed E-state index contributed by atoms with van der Waals surface area (Å²) in [6, 6.07) is 29.5. The van der Waals surface area contributed by atoms with Crippen LogP contribution in [-0.2, 0) is 0 Å². The van der Waals surface area contributed by atoms with Crippen molar-refractivity contribution in [1.29, 1.82) is 0 Å². The molecule has 0 unspecified atom stereocenters. The van der Waals surface area contributed by atoms with E-state index in [9.17, 15) is 0 Å². The summed E-state index contributed by atoms with van der Waals surface area (Å²) >= 11 is 5.48. The van der Waals surface area contributed by atoms with Gasteiger partial charge in [0.1, 0.15) is 0 Å². The minimum absolute atomic E-state index is 0.913. The van der Waals surface area contributed by atoms with Crippen molar-refractivity contribution >= 4 is 63.5 Å². The lowest BCUT2D eigenvalue weighted by Gasteiger charge is -2.14. The van der Waals surface area contributed by atoms with Gasteiger partial charge in [0.15, 0.2) is 0 Å². The monoisotopic (exact) mass is 384 g/mol. The topological polar surface area (TPSA) is 25.8 Å². The lowest BCUT2D eigenvalue weighted by Crippen LogP contribution is -2.12. The Morgan fingerprint density at radius 2 is 0.893 bits per heavy atom. The van der Waals surface area contributed by atoms with Gasteiger partial charge in [-0.2, -0.15) is 0 Å². The molecule has 0 spiro atoms. The van der Waals surface area contributed by atoms with Crippen molar-refractivity contribution in [2.45, 2.75) is 0 Å².